The molecule has 0 aromatic heterocycles. The highest BCUT2D eigenvalue weighted by Gasteiger charge is 2.35. The van der Waals surface area contributed by atoms with E-state index in [9.17, 15) is 5.11 Å². The molecule has 0 aromatic carbocycles. The number of aliphatic hydroxyl groups is 1. The van der Waals surface area contributed by atoms with Crippen molar-refractivity contribution in [1.29, 1.82) is 0 Å². The molecule has 92 valence electrons. The fourth-order valence-corrected chi connectivity index (χ4v) is 7.61. The van der Waals surface area contributed by atoms with Crippen LogP contribution in [0.2, 0.25) is 24.7 Å². The van der Waals surface area contributed by atoms with Crippen molar-refractivity contribution in [2.24, 2.45) is 0 Å². The van der Waals surface area contributed by atoms with Crippen LogP contribution in [0.3, 0.4) is 0 Å². The van der Waals surface area contributed by atoms with Crippen LogP contribution in [0, 0.1) is 0 Å². The van der Waals surface area contributed by atoms with Crippen LogP contribution in [0.1, 0.15) is 25.7 Å². The van der Waals surface area contributed by atoms with Gasteiger partial charge < -0.3 is 10.4 Å². The van der Waals surface area contributed by atoms with Gasteiger partial charge in [-0.05, 0) is 25.4 Å². The van der Waals surface area contributed by atoms with Crippen LogP contribution in [-0.2, 0) is 0 Å². The Morgan fingerprint density at radius 3 is 2.69 bits per heavy atom. The number of thiocarbonyl (C=S) groups is 1. The average molecular weight is 257 g/mol. The van der Waals surface area contributed by atoms with E-state index in [0.717, 1.165) is 23.9 Å². The molecule has 2 saturated heterocycles. The lowest BCUT2D eigenvalue weighted by Crippen LogP contribution is -2.41. The van der Waals surface area contributed by atoms with Crippen molar-refractivity contribution in [2.75, 3.05) is 6.54 Å². The summed E-state index contributed by atoms with van der Waals surface area (Å²) in [5.74, 6) is 0. The molecule has 16 heavy (non-hydrogen) atoms. The Hall–Kier alpha value is 0.227. The second-order valence-electron chi connectivity index (χ2n) is 5.79. The van der Waals surface area contributed by atoms with E-state index in [1.807, 2.05) is 0 Å². The summed E-state index contributed by atoms with van der Waals surface area (Å²) in [6, 6.07) is 4.10. The Morgan fingerprint density at radius 1 is 1.44 bits per heavy atom. The minimum Gasteiger partial charge on any atom is -0.388 e. The Balaban J connectivity index is 1.86. The van der Waals surface area contributed by atoms with Gasteiger partial charge in [0.1, 0.15) is 0 Å². The first-order chi connectivity index (χ1) is 7.61. The van der Waals surface area contributed by atoms with Crippen molar-refractivity contribution in [2.45, 2.75) is 62.5 Å². The zero-order valence-corrected chi connectivity index (χ0v) is 12.0. The molecule has 0 radical (unpaired) electrons. The van der Waals surface area contributed by atoms with Crippen LogP contribution < -0.4 is 5.32 Å². The van der Waals surface area contributed by atoms with Crippen LogP contribution in [-0.4, -0.2) is 36.7 Å². The minimum atomic E-state index is -1.13. The molecule has 2 aliphatic rings. The van der Waals surface area contributed by atoms with Gasteiger partial charge in [-0.3, -0.25) is 0 Å². The average Bonchev–Trinajstić information content (AvgIpc) is 2.87. The molecule has 0 saturated carbocycles. The SMILES string of the molecule is C[Si]1(C[C@@H](O)C(=S)[C@@H]2CCCN2)CCCC1. The number of nitrogens with one attached hydrogen (secondary N) is 1. The molecule has 0 aliphatic carbocycles. The highest BCUT2D eigenvalue weighted by Crippen LogP contribution is 2.34. The predicted octanol–water partition coefficient (Wildman–Crippen LogP) is 2.34. The van der Waals surface area contributed by atoms with E-state index in [-0.39, 0.29) is 6.10 Å². The van der Waals surface area contributed by atoms with Gasteiger partial charge in [-0.1, -0.05) is 43.7 Å². The van der Waals surface area contributed by atoms with E-state index < -0.39 is 8.07 Å². The maximum atomic E-state index is 10.3. The lowest BCUT2D eigenvalue weighted by atomic mass is 10.1. The first-order valence-corrected chi connectivity index (χ1v) is 10.1. The number of rotatable bonds is 4. The van der Waals surface area contributed by atoms with Crippen molar-refractivity contribution >= 4 is 25.2 Å². The molecule has 0 amide bonds. The third-order valence-corrected chi connectivity index (χ3v) is 9.28. The fraction of sp³-hybridized carbons (Fsp3) is 0.917. The largest absolute Gasteiger partial charge is 0.388 e. The molecule has 2 rings (SSSR count). The molecule has 0 aromatic rings. The van der Waals surface area contributed by atoms with Gasteiger partial charge in [0.2, 0.25) is 0 Å². The summed E-state index contributed by atoms with van der Waals surface area (Å²) in [6.45, 7) is 3.50. The zero-order chi connectivity index (χ0) is 11.6. The Bertz CT molecular complexity index is 260. The van der Waals surface area contributed by atoms with Gasteiger partial charge in [-0.2, -0.15) is 0 Å². The minimum absolute atomic E-state index is 0.309. The summed E-state index contributed by atoms with van der Waals surface area (Å²) >= 11 is 5.43. The predicted molar refractivity (Wildman–Crippen MR) is 74.9 cm³/mol. The standard InChI is InChI=1S/C12H23NOSSi/c1-16(7-2-3-8-16)9-11(14)12(15)10-5-4-6-13-10/h10-11,13-14H,2-9H2,1H3/t10-,11+/m0/s1. The van der Waals surface area contributed by atoms with Gasteiger partial charge in [0.25, 0.3) is 0 Å². The third-order valence-electron chi connectivity index (χ3n) is 4.23. The summed E-state index contributed by atoms with van der Waals surface area (Å²) in [6.07, 6.45) is 4.76. The molecule has 2 atom stereocenters. The smallest absolute Gasteiger partial charge is 0.0844 e. The van der Waals surface area contributed by atoms with Crippen LogP contribution in [0.15, 0.2) is 0 Å². The highest BCUT2D eigenvalue weighted by atomic mass is 32.1. The summed E-state index contributed by atoms with van der Waals surface area (Å²) < 4.78 is 0. The topological polar surface area (TPSA) is 32.3 Å². The Kier molecular flexibility index (Phi) is 4.16. The van der Waals surface area contributed by atoms with Crippen LogP contribution >= 0.6 is 12.2 Å². The van der Waals surface area contributed by atoms with Gasteiger partial charge in [-0.15, -0.1) is 0 Å². The van der Waals surface area contributed by atoms with Gasteiger partial charge in [0.15, 0.2) is 0 Å². The summed E-state index contributed by atoms with van der Waals surface area (Å²) in [4.78, 5) is 0.887. The molecular weight excluding hydrogens is 234 g/mol. The number of hydrogen-bond donors (Lipinski definition) is 2. The zero-order valence-electron chi connectivity index (χ0n) is 10.2. The van der Waals surface area contributed by atoms with Gasteiger partial charge in [-0.25, -0.2) is 0 Å². The molecule has 0 bridgehead atoms. The maximum Gasteiger partial charge on any atom is 0.0844 e. The van der Waals surface area contributed by atoms with Crippen molar-refractivity contribution in [3.05, 3.63) is 0 Å². The number of aliphatic hydroxyl groups excluding tert-OH is 1. The van der Waals surface area contributed by atoms with Crippen LogP contribution in [0.4, 0.5) is 0 Å². The van der Waals surface area contributed by atoms with E-state index in [0.29, 0.717) is 6.04 Å². The molecule has 2 fully saturated rings. The maximum absolute atomic E-state index is 10.3. The van der Waals surface area contributed by atoms with Crippen LogP contribution in [0.5, 0.6) is 0 Å². The molecule has 2 nitrogen and oxygen atoms in total. The van der Waals surface area contributed by atoms with Gasteiger partial charge in [0, 0.05) is 10.9 Å². The second kappa shape index (κ2) is 5.25. The number of hydrogen-bond acceptors (Lipinski definition) is 3. The first-order valence-electron chi connectivity index (χ1n) is 6.56. The summed E-state index contributed by atoms with van der Waals surface area (Å²) in [5, 5.41) is 13.6. The lowest BCUT2D eigenvalue weighted by molar-refractivity contribution is 0.258. The van der Waals surface area contributed by atoms with Gasteiger partial charge >= 0.3 is 0 Å². The molecule has 2 heterocycles. The van der Waals surface area contributed by atoms with Crippen LogP contribution in [0.25, 0.3) is 0 Å². The summed E-state index contributed by atoms with van der Waals surface area (Å²) in [5.41, 5.74) is 0. The molecule has 2 aliphatic heterocycles. The molecule has 0 unspecified atom stereocenters. The third kappa shape index (κ3) is 2.91. The monoisotopic (exact) mass is 257 g/mol. The van der Waals surface area contributed by atoms with Crippen molar-refractivity contribution in [3.8, 4) is 0 Å². The van der Waals surface area contributed by atoms with E-state index in [1.165, 1.54) is 31.4 Å². The second-order valence-corrected chi connectivity index (χ2v) is 11.3. The summed E-state index contributed by atoms with van der Waals surface area (Å²) in [7, 11) is -1.13. The van der Waals surface area contributed by atoms with Gasteiger partial charge in [0.05, 0.1) is 14.2 Å². The van der Waals surface area contributed by atoms with E-state index >= 15 is 0 Å². The normalized spacial score (nSPS) is 30.5. The molecular formula is C12H23NOSSi. The molecule has 4 heteroatoms. The van der Waals surface area contributed by atoms with E-state index in [2.05, 4.69) is 11.9 Å². The van der Waals surface area contributed by atoms with Crippen molar-refractivity contribution in [1.82, 2.24) is 5.32 Å². The highest BCUT2D eigenvalue weighted by molar-refractivity contribution is 7.80. The Labute approximate surface area is 105 Å². The molecule has 0 spiro atoms. The quantitative estimate of drug-likeness (QED) is 0.599. The fourth-order valence-electron chi connectivity index (χ4n) is 3.16. The Morgan fingerprint density at radius 2 is 2.12 bits per heavy atom. The lowest BCUT2D eigenvalue weighted by Gasteiger charge is -2.26. The van der Waals surface area contributed by atoms with Crippen molar-refractivity contribution in [3.63, 3.8) is 0 Å². The van der Waals surface area contributed by atoms with Crippen molar-refractivity contribution < 1.29 is 5.11 Å². The van der Waals surface area contributed by atoms with E-state index in [4.69, 9.17) is 12.2 Å². The molecule has 2 N–H and O–H groups in total. The van der Waals surface area contributed by atoms with E-state index in [1.54, 1.807) is 0 Å². The first kappa shape index (κ1) is 12.7.